The molecule has 1 aliphatic heterocycles. The molecule has 0 radical (unpaired) electrons. The zero-order valence-corrected chi connectivity index (χ0v) is 11.9. The summed E-state index contributed by atoms with van der Waals surface area (Å²) in [4.78, 5) is 28.3. The zero-order chi connectivity index (χ0) is 14.5. The number of hydrogen-bond acceptors (Lipinski definition) is 4. The molecule has 0 bridgehead atoms. The van der Waals surface area contributed by atoms with Crippen molar-refractivity contribution in [3.63, 3.8) is 0 Å². The summed E-state index contributed by atoms with van der Waals surface area (Å²) < 4.78 is 0. The van der Waals surface area contributed by atoms with Crippen LogP contribution in [-0.2, 0) is 4.79 Å². The molecule has 6 heteroatoms. The molecule has 1 aromatic heterocycles. The molecule has 1 atom stereocenters. The Balaban J connectivity index is 1.88. The van der Waals surface area contributed by atoms with Crippen LogP contribution >= 0.6 is 11.3 Å². The molecule has 2 rings (SSSR count). The maximum absolute atomic E-state index is 12.2. The first-order chi connectivity index (χ1) is 9.63. The highest BCUT2D eigenvalue weighted by Crippen LogP contribution is 2.14. The maximum Gasteiger partial charge on any atom is 0.264 e. The van der Waals surface area contributed by atoms with Gasteiger partial charge in [-0.3, -0.25) is 9.59 Å². The van der Waals surface area contributed by atoms with Crippen LogP contribution < -0.4 is 5.73 Å². The quantitative estimate of drug-likeness (QED) is 0.819. The highest BCUT2D eigenvalue weighted by molar-refractivity contribution is 7.12. The molecule has 20 heavy (non-hydrogen) atoms. The van der Waals surface area contributed by atoms with Crippen molar-refractivity contribution in [2.75, 3.05) is 26.2 Å². The maximum atomic E-state index is 12.2. The predicted octanol–water partition coefficient (Wildman–Crippen LogP) is 0.383. The van der Waals surface area contributed by atoms with Crippen LogP contribution in [0.4, 0.5) is 0 Å². The summed E-state index contributed by atoms with van der Waals surface area (Å²) in [6, 6.07) is 3.03. The summed E-state index contributed by atoms with van der Waals surface area (Å²) >= 11 is 1.43. The molecule has 1 aromatic rings. The summed E-state index contributed by atoms with van der Waals surface area (Å²) in [6.45, 7) is 2.08. The molecule has 1 saturated heterocycles. The van der Waals surface area contributed by atoms with Gasteiger partial charge in [0.2, 0.25) is 5.91 Å². The number of nitrogens with zero attached hydrogens (tertiary/aromatic N) is 2. The first-order valence-corrected chi connectivity index (χ1v) is 7.32. The van der Waals surface area contributed by atoms with E-state index in [4.69, 9.17) is 12.2 Å². The summed E-state index contributed by atoms with van der Waals surface area (Å²) in [5.41, 5.74) is 5.72. The highest BCUT2D eigenvalue weighted by atomic mass is 32.1. The van der Waals surface area contributed by atoms with Crippen LogP contribution in [0.15, 0.2) is 17.5 Å². The van der Waals surface area contributed by atoms with Gasteiger partial charge in [0.25, 0.3) is 5.91 Å². The number of carbonyl (C=O) groups is 2. The predicted molar refractivity (Wildman–Crippen MR) is 78.2 cm³/mol. The van der Waals surface area contributed by atoms with E-state index < -0.39 is 6.04 Å². The van der Waals surface area contributed by atoms with Gasteiger partial charge < -0.3 is 15.5 Å². The second kappa shape index (κ2) is 6.55. The molecule has 2 amide bonds. The molecule has 1 aliphatic rings. The van der Waals surface area contributed by atoms with Gasteiger partial charge in [0.05, 0.1) is 10.9 Å². The Kier molecular flexibility index (Phi) is 4.77. The summed E-state index contributed by atoms with van der Waals surface area (Å²) in [7, 11) is 0. The SMILES string of the molecule is C#CCC(N)C(=O)N1CCN(C(=O)c2cccs2)CC1. The first kappa shape index (κ1) is 14.6. The Bertz CT molecular complexity index is 513. The number of piperazine rings is 1. The van der Waals surface area contributed by atoms with Crippen molar-refractivity contribution in [3.8, 4) is 12.3 Å². The van der Waals surface area contributed by atoms with E-state index in [-0.39, 0.29) is 18.2 Å². The summed E-state index contributed by atoms with van der Waals surface area (Å²) in [5.74, 6) is 2.29. The molecule has 0 saturated carbocycles. The number of amides is 2. The first-order valence-electron chi connectivity index (χ1n) is 6.44. The monoisotopic (exact) mass is 291 g/mol. The number of rotatable bonds is 3. The van der Waals surface area contributed by atoms with Gasteiger partial charge in [-0.2, -0.15) is 0 Å². The van der Waals surface area contributed by atoms with E-state index in [1.807, 2.05) is 17.5 Å². The lowest BCUT2D eigenvalue weighted by atomic mass is 10.2. The topological polar surface area (TPSA) is 66.6 Å². The second-order valence-corrected chi connectivity index (χ2v) is 5.56. The van der Waals surface area contributed by atoms with Crippen LogP contribution in [0.3, 0.4) is 0 Å². The Labute approximate surface area is 122 Å². The number of thiophene rings is 1. The minimum atomic E-state index is -0.639. The van der Waals surface area contributed by atoms with Crippen LogP contribution in [-0.4, -0.2) is 53.8 Å². The van der Waals surface area contributed by atoms with E-state index >= 15 is 0 Å². The van der Waals surface area contributed by atoms with Crippen LogP contribution in [0.25, 0.3) is 0 Å². The van der Waals surface area contributed by atoms with Crippen LogP contribution in [0.2, 0.25) is 0 Å². The zero-order valence-electron chi connectivity index (χ0n) is 11.1. The van der Waals surface area contributed by atoms with Crippen molar-refractivity contribution in [1.29, 1.82) is 0 Å². The van der Waals surface area contributed by atoms with Gasteiger partial charge in [-0.15, -0.1) is 23.7 Å². The van der Waals surface area contributed by atoms with Crippen molar-refractivity contribution in [1.82, 2.24) is 9.80 Å². The molecular weight excluding hydrogens is 274 g/mol. The molecule has 5 nitrogen and oxygen atoms in total. The smallest absolute Gasteiger partial charge is 0.264 e. The molecule has 0 aliphatic carbocycles. The van der Waals surface area contributed by atoms with Crippen molar-refractivity contribution in [2.45, 2.75) is 12.5 Å². The summed E-state index contributed by atoms with van der Waals surface area (Å²) in [5, 5.41) is 1.88. The molecule has 0 spiro atoms. The fourth-order valence-corrected chi connectivity index (χ4v) is 2.83. The lowest BCUT2D eigenvalue weighted by Crippen LogP contribution is -2.54. The lowest BCUT2D eigenvalue weighted by molar-refractivity contribution is -0.133. The third kappa shape index (κ3) is 3.18. The fraction of sp³-hybridized carbons (Fsp3) is 0.429. The van der Waals surface area contributed by atoms with E-state index in [0.717, 1.165) is 4.88 Å². The highest BCUT2D eigenvalue weighted by Gasteiger charge is 2.27. The Morgan fingerprint density at radius 3 is 2.55 bits per heavy atom. The van der Waals surface area contributed by atoms with E-state index in [0.29, 0.717) is 26.2 Å². The third-order valence-corrected chi connectivity index (χ3v) is 4.12. The molecule has 2 heterocycles. The third-order valence-electron chi connectivity index (χ3n) is 3.27. The second-order valence-electron chi connectivity index (χ2n) is 4.61. The van der Waals surface area contributed by atoms with E-state index in [2.05, 4.69) is 5.92 Å². The number of terminal acetylenes is 1. The van der Waals surface area contributed by atoms with Crippen LogP contribution in [0.5, 0.6) is 0 Å². The summed E-state index contributed by atoms with van der Waals surface area (Å²) in [6.07, 6.45) is 5.40. The molecule has 2 N–H and O–H groups in total. The average Bonchev–Trinajstić information content (AvgIpc) is 3.00. The largest absolute Gasteiger partial charge is 0.338 e. The fourth-order valence-electron chi connectivity index (χ4n) is 2.13. The molecule has 1 unspecified atom stereocenters. The number of carbonyl (C=O) groups excluding carboxylic acids is 2. The van der Waals surface area contributed by atoms with Crippen LogP contribution in [0, 0.1) is 12.3 Å². The van der Waals surface area contributed by atoms with Gasteiger partial charge in [0.1, 0.15) is 0 Å². The number of nitrogens with two attached hydrogens (primary N) is 1. The Hall–Kier alpha value is -1.84. The van der Waals surface area contributed by atoms with Crippen molar-refractivity contribution < 1.29 is 9.59 Å². The normalized spacial score (nSPS) is 16.6. The van der Waals surface area contributed by atoms with Gasteiger partial charge in [0.15, 0.2) is 0 Å². The van der Waals surface area contributed by atoms with E-state index in [9.17, 15) is 9.59 Å². The molecule has 1 fully saturated rings. The standard InChI is InChI=1S/C14H17N3O2S/c1-2-4-11(15)13(18)16-6-8-17(9-7-16)14(19)12-5-3-10-20-12/h1,3,5,10-11H,4,6-9,15H2. The minimum absolute atomic E-state index is 0.0278. The van der Waals surface area contributed by atoms with Crippen molar-refractivity contribution in [3.05, 3.63) is 22.4 Å². The Morgan fingerprint density at radius 2 is 2.00 bits per heavy atom. The molecular formula is C14H17N3O2S. The van der Waals surface area contributed by atoms with E-state index in [1.165, 1.54) is 11.3 Å². The van der Waals surface area contributed by atoms with Crippen molar-refractivity contribution >= 4 is 23.2 Å². The Morgan fingerprint density at radius 1 is 1.35 bits per heavy atom. The van der Waals surface area contributed by atoms with E-state index in [1.54, 1.807) is 9.80 Å². The van der Waals surface area contributed by atoms with Gasteiger partial charge in [-0.25, -0.2) is 0 Å². The van der Waals surface area contributed by atoms with Crippen LogP contribution in [0.1, 0.15) is 16.1 Å². The minimum Gasteiger partial charge on any atom is -0.338 e. The molecule has 106 valence electrons. The number of hydrogen-bond donors (Lipinski definition) is 1. The van der Waals surface area contributed by atoms with Crippen molar-refractivity contribution in [2.24, 2.45) is 5.73 Å². The molecule has 0 aromatic carbocycles. The van der Waals surface area contributed by atoms with Gasteiger partial charge in [-0.05, 0) is 11.4 Å². The van der Waals surface area contributed by atoms with Gasteiger partial charge >= 0.3 is 0 Å². The van der Waals surface area contributed by atoms with Gasteiger partial charge in [0, 0.05) is 32.6 Å². The van der Waals surface area contributed by atoms with Gasteiger partial charge in [-0.1, -0.05) is 6.07 Å². The lowest BCUT2D eigenvalue weighted by Gasteiger charge is -2.35. The average molecular weight is 291 g/mol.